The molecule has 150 valence electrons. The number of para-hydroxylation sites is 1. The Kier molecular flexibility index (Phi) is 6.20. The Hall–Kier alpha value is -3.44. The fourth-order valence-corrected chi connectivity index (χ4v) is 3.45. The molecule has 4 nitrogen and oxygen atoms in total. The Bertz CT molecular complexity index is 1090. The van der Waals surface area contributed by atoms with E-state index < -0.39 is 0 Å². The van der Waals surface area contributed by atoms with Gasteiger partial charge in [0.1, 0.15) is 0 Å². The summed E-state index contributed by atoms with van der Waals surface area (Å²) < 4.78 is 1.94. The molecule has 0 fully saturated rings. The molecule has 0 saturated heterocycles. The molecule has 0 aliphatic carbocycles. The average Bonchev–Trinajstić information content (AvgIpc) is 3.23. The SMILES string of the molecule is CN(Cc1cn(-c2ccccc2)nc1-c1ccccc1)C(=S)NCc1ccccc1. The second-order valence-electron chi connectivity index (χ2n) is 7.15. The van der Waals surface area contributed by atoms with E-state index in [0.717, 1.165) is 22.5 Å². The van der Waals surface area contributed by atoms with Crippen molar-refractivity contribution in [2.24, 2.45) is 0 Å². The van der Waals surface area contributed by atoms with E-state index in [4.69, 9.17) is 17.3 Å². The van der Waals surface area contributed by atoms with E-state index in [0.29, 0.717) is 18.2 Å². The topological polar surface area (TPSA) is 33.1 Å². The number of benzene rings is 3. The number of hydrogen-bond acceptors (Lipinski definition) is 2. The number of thiocarbonyl (C=S) groups is 1. The Balaban J connectivity index is 1.54. The molecule has 30 heavy (non-hydrogen) atoms. The highest BCUT2D eigenvalue weighted by Crippen LogP contribution is 2.24. The molecule has 0 aliphatic rings. The zero-order chi connectivity index (χ0) is 20.8. The summed E-state index contributed by atoms with van der Waals surface area (Å²) in [5, 5.41) is 8.94. The van der Waals surface area contributed by atoms with E-state index in [-0.39, 0.29) is 0 Å². The van der Waals surface area contributed by atoms with E-state index in [2.05, 4.69) is 52.8 Å². The molecule has 0 spiro atoms. The Morgan fingerprint density at radius 2 is 1.50 bits per heavy atom. The van der Waals surface area contributed by atoms with Crippen LogP contribution in [0.2, 0.25) is 0 Å². The molecule has 1 N–H and O–H groups in total. The number of rotatable bonds is 6. The van der Waals surface area contributed by atoms with Crippen molar-refractivity contribution >= 4 is 17.3 Å². The third-order valence-corrected chi connectivity index (χ3v) is 5.35. The summed E-state index contributed by atoms with van der Waals surface area (Å²) in [5.74, 6) is 0. The second kappa shape index (κ2) is 9.37. The van der Waals surface area contributed by atoms with E-state index in [1.54, 1.807) is 0 Å². The fraction of sp³-hybridized carbons (Fsp3) is 0.120. The minimum absolute atomic E-state index is 0.664. The first-order chi connectivity index (χ1) is 14.7. The highest BCUT2D eigenvalue weighted by molar-refractivity contribution is 7.80. The van der Waals surface area contributed by atoms with Crippen molar-refractivity contribution < 1.29 is 0 Å². The summed E-state index contributed by atoms with van der Waals surface area (Å²) in [6, 6.07) is 30.7. The molecule has 1 aromatic heterocycles. The van der Waals surface area contributed by atoms with Gasteiger partial charge in [0.2, 0.25) is 0 Å². The molecule has 0 unspecified atom stereocenters. The van der Waals surface area contributed by atoms with Crippen molar-refractivity contribution in [3.05, 3.63) is 108 Å². The minimum atomic E-state index is 0.664. The lowest BCUT2D eigenvalue weighted by molar-refractivity contribution is 0.489. The molecule has 0 amide bonds. The lowest BCUT2D eigenvalue weighted by atomic mass is 10.1. The summed E-state index contributed by atoms with van der Waals surface area (Å²) in [6.45, 7) is 1.37. The summed E-state index contributed by atoms with van der Waals surface area (Å²) in [4.78, 5) is 2.05. The Labute approximate surface area is 182 Å². The molecular formula is C25H24N4S. The smallest absolute Gasteiger partial charge is 0.169 e. The van der Waals surface area contributed by atoms with Gasteiger partial charge in [-0.2, -0.15) is 5.10 Å². The van der Waals surface area contributed by atoms with Crippen molar-refractivity contribution in [1.82, 2.24) is 20.0 Å². The van der Waals surface area contributed by atoms with Crippen LogP contribution in [-0.2, 0) is 13.1 Å². The normalized spacial score (nSPS) is 10.6. The van der Waals surface area contributed by atoms with Gasteiger partial charge in [-0.05, 0) is 29.9 Å². The molecule has 5 heteroatoms. The van der Waals surface area contributed by atoms with Gasteiger partial charge < -0.3 is 10.2 Å². The molecule has 0 saturated carbocycles. The van der Waals surface area contributed by atoms with Crippen molar-refractivity contribution in [2.45, 2.75) is 13.1 Å². The number of nitrogens with one attached hydrogen (secondary N) is 1. The third-order valence-electron chi connectivity index (χ3n) is 4.90. The van der Waals surface area contributed by atoms with Crippen LogP contribution >= 0.6 is 12.2 Å². The van der Waals surface area contributed by atoms with Crippen molar-refractivity contribution in [1.29, 1.82) is 0 Å². The number of aromatic nitrogens is 2. The van der Waals surface area contributed by atoms with Crippen LogP contribution < -0.4 is 5.32 Å². The Morgan fingerprint density at radius 3 is 2.17 bits per heavy atom. The predicted molar refractivity (Wildman–Crippen MR) is 126 cm³/mol. The van der Waals surface area contributed by atoms with Gasteiger partial charge in [0, 0.05) is 37.5 Å². The molecule has 4 rings (SSSR count). The zero-order valence-corrected chi connectivity index (χ0v) is 17.7. The summed E-state index contributed by atoms with van der Waals surface area (Å²) in [7, 11) is 2.01. The molecule has 1 heterocycles. The molecular weight excluding hydrogens is 388 g/mol. The lowest BCUT2D eigenvalue weighted by Gasteiger charge is -2.21. The standard InChI is InChI=1S/C25H24N4S/c1-28(25(30)26-17-20-11-5-2-6-12-20)18-22-19-29(23-15-9-4-10-16-23)27-24(22)21-13-7-3-8-14-21/h2-16,19H,17-18H2,1H3,(H,26,30). The third kappa shape index (κ3) is 4.75. The van der Waals surface area contributed by atoms with E-state index in [1.165, 1.54) is 5.56 Å². The maximum atomic E-state index is 5.62. The monoisotopic (exact) mass is 412 g/mol. The second-order valence-corrected chi connectivity index (χ2v) is 7.54. The largest absolute Gasteiger partial charge is 0.358 e. The van der Waals surface area contributed by atoms with Gasteiger partial charge in [-0.25, -0.2) is 4.68 Å². The van der Waals surface area contributed by atoms with Crippen LogP contribution in [0.25, 0.3) is 16.9 Å². The van der Waals surface area contributed by atoms with Crippen LogP contribution in [-0.4, -0.2) is 26.8 Å². The van der Waals surface area contributed by atoms with Crippen LogP contribution in [0.3, 0.4) is 0 Å². The van der Waals surface area contributed by atoms with Crippen LogP contribution in [0, 0.1) is 0 Å². The van der Waals surface area contributed by atoms with E-state index in [1.807, 2.05) is 66.3 Å². The fourth-order valence-electron chi connectivity index (χ4n) is 3.31. The number of hydrogen-bond donors (Lipinski definition) is 1. The highest BCUT2D eigenvalue weighted by atomic mass is 32.1. The van der Waals surface area contributed by atoms with Gasteiger partial charge in [-0.15, -0.1) is 0 Å². The van der Waals surface area contributed by atoms with Gasteiger partial charge in [-0.3, -0.25) is 0 Å². The van der Waals surface area contributed by atoms with Crippen LogP contribution in [0.5, 0.6) is 0 Å². The van der Waals surface area contributed by atoms with Crippen LogP contribution in [0.15, 0.2) is 97.2 Å². The van der Waals surface area contributed by atoms with Gasteiger partial charge in [0.05, 0.1) is 11.4 Å². The van der Waals surface area contributed by atoms with Crippen molar-refractivity contribution in [2.75, 3.05) is 7.05 Å². The molecule has 0 bridgehead atoms. The van der Waals surface area contributed by atoms with E-state index >= 15 is 0 Å². The molecule has 0 aliphatic heterocycles. The first-order valence-corrected chi connectivity index (χ1v) is 10.3. The average molecular weight is 413 g/mol. The van der Waals surface area contributed by atoms with Gasteiger partial charge in [0.15, 0.2) is 5.11 Å². The minimum Gasteiger partial charge on any atom is -0.358 e. The van der Waals surface area contributed by atoms with Gasteiger partial charge >= 0.3 is 0 Å². The maximum absolute atomic E-state index is 5.62. The van der Waals surface area contributed by atoms with Crippen LogP contribution in [0.4, 0.5) is 0 Å². The summed E-state index contributed by atoms with van der Waals surface area (Å²) in [6.07, 6.45) is 2.09. The molecule has 0 radical (unpaired) electrons. The highest BCUT2D eigenvalue weighted by Gasteiger charge is 2.15. The van der Waals surface area contributed by atoms with Gasteiger partial charge in [-0.1, -0.05) is 78.9 Å². The number of nitrogens with zero attached hydrogens (tertiary/aromatic N) is 3. The van der Waals surface area contributed by atoms with Gasteiger partial charge in [0.25, 0.3) is 0 Å². The Morgan fingerprint density at radius 1 is 0.900 bits per heavy atom. The zero-order valence-electron chi connectivity index (χ0n) is 16.9. The molecule has 0 atom stereocenters. The lowest BCUT2D eigenvalue weighted by Crippen LogP contribution is -2.36. The molecule has 3 aromatic carbocycles. The maximum Gasteiger partial charge on any atom is 0.169 e. The quantitative estimate of drug-likeness (QED) is 0.450. The van der Waals surface area contributed by atoms with Crippen molar-refractivity contribution in [3.8, 4) is 16.9 Å². The predicted octanol–water partition coefficient (Wildman–Crippen LogP) is 5.05. The molecule has 4 aromatic rings. The van der Waals surface area contributed by atoms with Crippen molar-refractivity contribution in [3.63, 3.8) is 0 Å². The summed E-state index contributed by atoms with van der Waals surface area (Å²) in [5.41, 5.74) is 5.43. The summed E-state index contributed by atoms with van der Waals surface area (Å²) >= 11 is 5.62. The first-order valence-electron chi connectivity index (χ1n) is 9.93. The van der Waals surface area contributed by atoms with Crippen LogP contribution in [0.1, 0.15) is 11.1 Å². The first kappa shape index (κ1) is 19.9. The van der Waals surface area contributed by atoms with E-state index in [9.17, 15) is 0 Å².